The van der Waals surface area contributed by atoms with E-state index in [2.05, 4.69) is 17.2 Å². The van der Waals surface area contributed by atoms with Gasteiger partial charge in [-0.05, 0) is 19.1 Å². The van der Waals surface area contributed by atoms with Gasteiger partial charge in [0.05, 0.1) is 17.8 Å². The van der Waals surface area contributed by atoms with Crippen molar-refractivity contribution < 1.29 is 4.79 Å². The number of benzene rings is 1. The Balaban J connectivity index is 1.98. The monoisotopic (exact) mass is 253 g/mol. The molecule has 0 unspecified atom stereocenters. The van der Waals surface area contributed by atoms with Crippen LogP contribution < -0.4 is 0 Å². The summed E-state index contributed by atoms with van der Waals surface area (Å²) in [7, 11) is 1.95. The zero-order valence-corrected chi connectivity index (χ0v) is 11.0. The summed E-state index contributed by atoms with van der Waals surface area (Å²) in [4.78, 5) is 11.3. The smallest absolute Gasteiger partial charge is 0.161 e. The fourth-order valence-corrected chi connectivity index (χ4v) is 2.33. The Hall–Kier alpha value is -2.36. The summed E-state index contributed by atoms with van der Waals surface area (Å²) in [5.74, 6) is 0.0876. The summed E-state index contributed by atoms with van der Waals surface area (Å²) < 4.78 is 3.88. The third-order valence-electron chi connectivity index (χ3n) is 3.32. The van der Waals surface area contributed by atoms with Crippen molar-refractivity contribution in [2.45, 2.75) is 13.5 Å². The molecule has 3 rings (SSSR count). The van der Waals surface area contributed by atoms with Crippen LogP contribution in [0.4, 0.5) is 0 Å². The average Bonchev–Trinajstić information content (AvgIpc) is 2.97. The molecule has 0 aliphatic heterocycles. The Bertz CT molecular complexity index is 752. The van der Waals surface area contributed by atoms with Crippen LogP contribution >= 0.6 is 0 Å². The number of fused-ring (bicyclic) bond motifs is 1. The number of carbonyl (C=O) groups is 1. The maximum absolute atomic E-state index is 11.3. The molecule has 0 radical (unpaired) electrons. The molecule has 0 aliphatic rings. The molecule has 4 nitrogen and oxygen atoms in total. The second kappa shape index (κ2) is 4.39. The van der Waals surface area contributed by atoms with E-state index in [0.717, 1.165) is 22.2 Å². The fraction of sp³-hybridized carbons (Fsp3) is 0.200. The zero-order valence-electron chi connectivity index (χ0n) is 11.0. The van der Waals surface area contributed by atoms with Gasteiger partial charge in [0, 0.05) is 30.4 Å². The number of Topliss-reactive ketones (excluding diaryl/α,β-unsaturated/α-hetero) is 1. The standard InChI is InChI=1S/C15H15N3O/c1-11(19)12-7-8-18(9-12)10-14-13-5-3-4-6-15(13)17(2)16-14/h3-9H,10H2,1-2H3. The van der Waals surface area contributed by atoms with Crippen LogP contribution in [-0.2, 0) is 13.6 Å². The van der Waals surface area contributed by atoms with E-state index in [0.29, 0.717) is 6.54 Å². The molecule has 0 aliphatic carbocycles. The van der Waals surface area contributed by atoms with Gasteiger partial charge in [0.15, 0.2) is 5.78 Å². The molecule has 0 amide bonds. The number of aryl methyl sites for hydroxylation is 1. The van der Waals surface area contributed by atoms with Gasteiger partial charge in [0.1, 0.15) is 0 Å². The Kier molecular flexibility index (Phi) is 2.71. The van der Waals surface area contributed by atoms with Crippen LogP contribution in [0.2, 0.25) is 0 Å². The third kappa shape index (κ3) is 2.05. The first kappa shape index (κ1) is 11.7. The van der Waals surface area contributed by atoms with E-state index >= 15 is 0 Å². The quantitative estimate of drug-likeness (QED) is 0.673. The molecule has 0 saturated carbocycles. The Labute approximate surface area is 111 Å². The van der Waals surface area contributed by atoms with Gasteiger partial charge in [-0.3, -0.25) is 9.48 Å². The molecule has 2 aromatic heterocycles. The van der Waals surface area contributed by atoms with Crippen molar-refractivity contribution in [3.05, 3.63) is 54.0 Å². The van der Waals surface area contributed by atoms with Crippen molar-refractivity contribution in [2.75, 3.05) is 0 Å². The summed E-state index contributed by atoms with van der Waals surface area (Å²) >= 11 is 0. The highest BCUT2D eigenvalue weighted by Gasteiger charge is 2.09. The first-order chi connectivity index (χ1) is 9.15. The SMILES string of the molecule is CC(=O)c1ccn(Cc2nn(C)c3ccccc23)c1. The van der Waals surface area contributed by atoms with Crippen molar-refractivity contribution in [3.63, 3.8) is 0 Å². The predicted octanol–water partition coefficient (Wildman–Crippen LogP) is 2.63. The van der Waals surface area contributed by atoms with Gasteiger partial charge >= 0.3 is 0 Å². The van der Waals surface area contributed by atoms with E-state index in [1.54, 1.807) is 6.92 Å². The molecule has 0 N–H and O–H groups in total. The normalized spacial score (nSPS) is 11.1. The highest BCUT2D eigenvalue weighted by Crippen LogP contribution is 2.18. The van der Waals surface area contributed by atoms with Gasteiger partial charge < -0.3 is 4.57 Å². The molecule has 2 heterocycles. The summed E-state index contributed by atoms with van der Waals surface area (Å²) in [6.45, 7) is 2.25. The van der Waals surface area contributed by atoms with Crippen LogP contribution in [0.3, 0.4) is 0 Å². The molecule has 0 spiro atoms. The summed E-state index contributed by atoms with van der Waals surface area (Å²) in [6, 6.07) is 10.0. The first-order valence-electron chi connectivity index (χ1n) is 6.22. The first-order valence-corrected chi connectivity index (χ1v) is 6.22. The number of para-hydroxylation sites is 1. The summed E-state index contributed by atoms with van der Waals surface area (Å²) in [5, 5.41) is 5.71. The number of rotatable bonds is 3. The molecule has 0 fully saturated rings. The molecule has 19 heavy (non-hydrogen) atoms. The lowest BCUT2D eigenvalue weighted by molar-refractivity contribution is 0.101. The molecule has 1 aromatic carbocycles. The number of carbonyl (C=O) groups excluding carboxylic acids is 1. The van der Waals surface area contributed by atoms with Gasteiger partial charge in [0.2, 0.25) is 0 Å². The minimum absolute atomic E-state index is 0.0876. The molecule has 3 aromatic rings. The summed E-state index contributed by atoms with van der Waals surface area (Å²) in [5.41, 5.74) is 2.88. The fourth-order valence-electron chi connectivity index (χ4n) is 2.33. The highest BCUT2D eigenvalue weighted by atomic mass is 16.1. The molecule has 4 heteroatoms. The second-order valence-electron chi connectivity index (χ2n) is 4.72. The third-order valence-corrected chi connectivity index (χ3v) is 3.32. The van der Waals surface area contributed by atoms with Crippen molar-refractivity contribution >= 4 is 16.7 Å². The molecule has 0 saturated heterocycles. The molecular formula is C15H15N3O. The van der Waals surface area contributed by atoms with Gasteiger partial charge in [-0.25, -0.2) is 0 Å². The minimum atomic E-state index is 0.0876. The summed E-state index contributed by atoms with van der Waals surface area (Å²) in [6.07, 6.45) is 3.78. The van der Waals surface area contributed by atoms with Gasteiger partial charge in [-0.15, -0.1) is 0 Å². The largest absolute Gasteiger partial charge is 0.347 e. The number of hydrogen-bond acceptors (Lipinski definition) is 2. The molecule has 0 bridgehead atoms. The van der Waals surface area contributed by atoms with Crippen molar-refractivity contribution in [3.8, 4) is 0 Å². The number of ketones is 1. The van der Waals surface area contributed by atoms with Crippen molar-refractivity contribution in [1.82, 2.24) is 14.3 Å². The van der Waals surface area contributed by atoms with E-state index in [-0.39, 0.29) is 5.78 Å². The minimum Gasteiger partial charge on any atom is -0.347 e. The van der Waals surface area contributed by atoms with Crippen molar-refractivity contribution in [1.29, 1.82) is 0 Å². The van der Waals surface area contributed by atoms with E-state index in [9.17, 15) is 4.79 Å². The lowest BCUT2D eigenvalue weighted by Gasteiger charge is -1.99. The van der Waals surface area contributed by atoms with E-state index < -0.39 is 0 Å². The Morgan fingerprint density at radius 1 is 1.26 bits per heavy atom. The maximum atomic E-state index is 11.3. The van der Waals surface area contributed by atoms with E-state index in [1.165, 1.54) is 0 Å². The van der Waals surface area contributed by atoms with Crippen LogP contribution in [0.15, 0.2) is 42.7 Å². The van der Waals surface area contributed by atoms with Gasteiger partial charge in [0.25, 0.3) is 0 Å². The maximum Gasteiger partial charge on any atom is 0.161 e. The topological polar surface area (TPSA) is 39.8 Å². The Morgan fingerprint density at radius 3 is 2.79 bits per heavy atom. The van der Waals surface area contributed by atoms with Crippen LogP contribution in [0, 0.1) is 0 Å². The Morgan fingerprint density at radius 2 is 2.05 bits per heavy atom. The second-order valence-corrected chi connectivity index (χ2v) is 4.72. The lowest BCUT2D eigenvalue weighted by atomic mass is 10.2. The number of aromatic nitrogens is 3. The van der Waals surface area contributed by atoms with E-state index in [4.69, 9.17) is 0 Å². The van der Waals surface area contributed by atoms with Crippen LogP contribution in [-0.4, -0.2) is 20.1 Å². The van der Waals surface area contributed by atoms with Crippen LogP contribution in [0.1, 0.15) is 23.0 Å². The highest BCUT2D eigenvalue weighted by molar-refractivity contribution is 5.93. The van der Waals surface area contributed by atoms with Crippen LogP contribution in [0.5, 0.6) is 0 Å². The lowest BCUT2D eigenvalue weighted by Crippen LogP contribution is -1.99. The molecule has 96 valence electrons. The number of nitrogens with zero attached hydrogens (tertiary/aromatic N) is 3. The van der Waals surface area contributed by atoms with Gasteiger partial charge in [-0.2, -0.15) is 5.10 Å². The predicted molar refractivity (Wildman–Crippen MR) is 74.3 cm³/mol. The van der Waals surface area contributed by atoms with Crippen molar-refractivity contribution in [2.24, 2.45) is 7.05 Å². The van der Waals surface area contributed by atoms with E-state index in [1.807, 2.05) is 46.9 Å². The van der Waals surface area contributed by atoms with Gasteiger partial charge in [-0.1, -0.05) is 18.2 Å². The molecule has 0 atom stereocenters. The zero-order chi connectivity index (χ0) is 13.4. The number of hydrogen-bond donors (Lipinski definition) is 0. The van der Waals surface area contributed by atoms with Crippen LogP contribution in [0.25, 0.3) is 10.9 Å². The molecular weight excluding hydrogens is 238 g/mol. The average molecular weight is 253 g/mol.